The monoisotopic (exact) mass is 380 g/mol. The van der Waals surface area contributed by atoms with Crippen LogP contribution in [0.25, 0.3) is 10.8 Å². The van der Waals surface area contributed by atoms with E-state index < -0.39 is 5.97 Å². The highest BCUT2D eigenvalue weighted by molar-refractivity contribution is 6.00. The summed E-state index contributed by atoms with van der Waals surface area (Å²) in [6, 6.07) is 13.9. The van der Waals surface area contributed by atoms with E-state index >= 15 is 0 Å². The fourth-order valence-corrected chi connectivity index (χ4v) is 3.22. The number of aromatic amines is 1. The summed E-state index contributed by atoms with van der Waals surface area (Å²) in [6.07, 6.45) is 0. The number of fused-ring (bicyclic) bond motifs is 1. The average molecular weight is 380 g/mol. The van der Waals surface area contributed by atoms with Crippen LogP contribution in [0, 0.1) is 13.8 Å². The molecule has 0 bridgehead atoms. The smallest absolute Gasteiger partial charge is 0.340 e. The number of carbonyl (C=O) groups is 2. The number of amides is 1. The Morgan fingerprint density at radius 2 is 1.82 bits per heavy atom. The molecule has 2 N–H and O–H groups in total. The number of ether oxygens (including phenoxy) is 2. The Kier molecular flexibility index (Phi) is 5.99. The average Bonchev–Trinajstić information content (AvgIpc) is 2.99. The van der Waals surface area contributed by atoms with Gasteiger partial charge in [-0.3, -0.25) is 4.79 Å². The number of hydrogen-bond acceptors (Lipinski definition) is 4. The number of esters is 1. The third-order valence-corrected chi connectivity index (χ3v) is 4.54. The van der Waals surface area contributed by atoms with Crippen LogP contribution >= 0.6 is 0 Å². The number of nitrogens with one attached hydrogen (secondary N) is 2. The van der Waals surface area contributed by atoms with Gasteiger partial charge in [0.25, 0.3) is 5.91 Å². The molecular weight excluding hydrogens is 356 g/mol. The van der Waals surface area contributed by atoms with Crippen molar-refractivity contribution in [1.82, 2.24) is 10.3 Å². The zero-order valence-electron chi connectivity index (χ0n) is 16.3. The van der Waals surface area contributed by atoms with E-state index in [4.69, 9.17) is 9.47 Å². The van der Waals surface area contributed by atoms with Crippen molar-refractivity contribution in [3.8, 4) is 5.75 Å². The number of benzene rings is 2. The van der Waals surface area contributed by atoms with Crippen molar-refractivity contribution >= 4 is 22.6 Å². The molecule has 2 aromatic carbocycles. The van der Waals surface area contributed by atoms with Crippen molar-refractivity contribution in [3.05, 3.63) is 65.0 Å². The van der Waals surface area contributed by atoms with Crippen molar-refractivity contribution < 1.29 is 19.1 Å². The summed E-state index contributed by atoms with van der Waals surface area (Å²) in [4.78, 5) is 27.5. The van der Waals surface area contributed by atoms with Crippen LogP contribution in [0.2, 0.25) is 0 Å². The van der Waals surface area contributed by atoms with Crippen molar-refractivity contribution in [2.75, 3.05) is 19.8 Å². The van der Waals surface area contributed by atoms with Gasteiger partial charge in [0.15, 0.2) is 0 Å². The Hall–Kier alpha value is -3.28. The second-order valence-corrected chi connectivity index (χ2v) is 6.43. The van der Waals surface area contributed by atoms with Gasteiger partial charge in [-0.2, -0.15) is 0 Å². The molecule has 0 aliphatic rings. The third-order valence-electron chi connectivity index (χ3n) is 4.54. The van der Waals surface area contributed by atoms with Gasteiger partial charge in [0, 0.05) is 11.1 Å². The molecule has 0 unspecified atom stereocenters. The van der Waals surface area contributed by atoms with Gasteiger partial charge in [-0.25, -0.2) is 4.79 Å². The Morgan fingerprint density at radius 3 is 2.61 bits per heavy atom. The summed E-state index contributed by atoms with van der Waals surface area (Å²) in [5.41, 5.74) is 1.99. The maximum Gasteiger partial charge on any atom is 0.340 e. The lowest BCUT2D eigenvalue weighted by Gasteiger charge is -2.10. The summed E-state index contributed by atoms with van der Waals surface area (Å²) in [5, 5.41) is 4.96. The highest BCUT2D eigenvalue weighted by Gasteiger charge is 2.22. The van der Waals surface area contributed by atoms with Crippen LogP contribution in [0.5, 0.6) is 5.75 Å². The Labute approximate surface area is 163 Å². The molecule has 0 saturated carbocycles. The van der Waals surface area contributed by atoms with Crippen LogP contribution in [0.3, 0.4) is 0 Å². The lowest BCUT2D eigenvalue weighted by Crippen LogP contribution is -2.29. The van der Waals surface area contributed by atoms with E-state index in [1.165, 1.54) is 0 Å². The molecule has 0 aliphatic heterocycles. The fraction of sp³-hybridized carbons (Fsp3) is 0.273. The first-order chi connectivity index (χ1) is 13.5. The molecule has 3 aromatic rings. The summed E-state index contributed by atoms with van der Waals surface area (Å²) < 4.78 is 10.9. The lowest BCUT2D eigenvalue weighted by atomic mass is 10.1. The van der Waals surface area contributed by atoms with E-state index in [2.05, 4.69) is 10.3 Å². The molecule has 28 heavy (non-hydrogen) atoms. The Balaban J connectivity index is 1.60. The van der Waals surface area contributed by atoms with E-state index in [-0.39, 0.29) is 12.5 Å². The van der Waals surface area contributed by atoms with E-state index in [0.29, 0.717) is 35.7 Å². The maximum absolute atomic E-state index is 12.5. The highest BCUT2D eigenvalue weighted by atomic mass is 16.5. The van der Waals surface area contributed by atoms with Crippen molar-refractivity contribution in [1.29, 1.82) is 0 Å². The molecule has 6 nitrogen and oxygen atoms in total. The van der Waals surface area contributed by atoms with Crippen LogP contribution in [-0.4, -0.2) is 36.6 Å². The number of aryl methyl sites for hydroxylation is 1. The van der Waals surface area contributed by atoms with Gasteiger partial charge in [-0.15, -0.1) is 0 Å². The number of carbonyl (C=O) groups excluding carboxylic acids is 2. The van der Waals surface area contributed by atoms with Crippen LogP contribution in [0.4, 0.5) is 0 Å². The van der Waals surface area contributed by atoms with Gasteiger partial charge < -0.3 is 19.8 Å². The van der Waals surface area contributed by atoms with E-state index in [9.17, 15) is 9.59 Å². The molecule has 1 aromatic heterocycles. The molecule has 0 aliphatic carbocycles. The minimum Gasteiger partial charge on any atom is -0.491 e. The Bertz CT molecular complexity index is 1000. The van der Waals surface area contributed by atoms with Gasteiger partial charge >= 0.3 is 5.97 Å². The standard InChI is InChI=1S/C22H24N2O4/c1-4-27-22(26)19-14(2)20(24-15(19)3)21(25)23-12-13-28-18-11-7-9-16-8-5-6-10-17(16)18/h5-11,24H,4,12-13H2,1-3H3,(H,23,25). The van der Waals surface area contributed by atoms with Crippen molar-refractivity contribution in [2.45, 2.75) is 20.8 Å². The minimum absolute atomic E-state index is 0.280. The van der Waals surface area contributed by atoms with Gasteiger partial charge in [-0.1, -0.05) is 36.4 Å². The summed E-state index contributed by atoms with van der Waals surface area (Å²) in [6.45, 7) is 6.20. The second-order valence-electron chi connectivity index (χ2n) is 6.43. The largest absolute Gasteiger partial charge is 0.491 e. The SMILES string of the molecule is CCOC(=O)c1c(C)[nH]c(C(=O)NCCOc2cccc3ccccc23)c1C. The predicted molar refractivity (Wildman–Crippen MR) is 108 cm³/mol. The summed E-state index contributed by atoms with van der Waals surface area (Å²) >= 11 is 0. The molecule has 3 rings (SSSR count). The number of rotatable bonds is 7. The number of H-pyrrole nitrogens is 1. The maximum atomic E-state index is 12.5. The van der Waals surface area contributed by atoms with Gasteiger partial charge in [0.2, 0.25) is 0 Å². The van der Waals surface area contributed by atoms with Crippen LogP contribution in [0.15, 0.2) is 42.5 Å². The number of aromatic nitrogens is 1. The molecule has 0 saturated heterocycles. The molecule has 0 atom stereocenters. The third kappa shape index (κ3) is 4.01. The zero-order valence-corrected chi connectivity index (χ0v) is 16.3. The first-order valence-electron chi connectivity index (χ1n) is 9.28. The highest BCUT2D eigenvalue weighted by Crippen LogP contribution is 2.25. The molecule has 0 radical (unpaired) electrons. The van der Waals surface area contributed by atoms with Gasteiger partial charge in [0.05, 0.1) is 18.7 Å². The van der Waals surface area contributed by atoms with Crippen molar-refractivity contribution in [3.63, 3.8) is 0 Å². The zero-order chi connectivity index (χ0) is 20.1. The molecule has 1 amide bonds. The first kappa shape index (κ1) is 19.5. The molecule has 1 heterocycles. The Morgan fingerprint density at radius 1 is 1.07 bits per heavy atom. The quantitative estimate of drug-likeness (QED) is 0.483. The van der Waals surface area contributed by atoms with Crippen molar-refractivity contribution in [2.24, 2.45) is 0 Å². The normalized spacial score (nSPS) is 10.7. The van der Waals surface area contributed by atoms with Crippen LogP contribution < -0.4 is 10.1 Å². The fourth-order valence-electron chi connectivity index (χ4n) is 3.22. The first-order valence-corrected chi connectivity index (χ1v) is 9.28. The molecule has 0 spiro atoms. The van der Waals surface area contributed by atoms with E-state index in [1.54, 1.807) is 20.8 Å². The lowest BCUT2D eigenvalue weighted by molar-refractivity contribution is 0.0525. The van der Waals surface area contributed by atoms with Crippen LogP contribution in [-0.2, 0) is 4.74 Å². The topological polar surface area (TPSA) is 80.4 Å². The molecule has 6 heteroatoms. The minimum atomic E-state index is -0.424. The van der Waals surface area contributed by atoms with Gasteiger partial charge in [-0.05, 0) is 37.8 Å². The second kappa shape index (κ2) is 8.61. The van der Waals surface area contributed by atoms with E-state index in [1.807, 2.05) is 42.5 Å². The molecule has 146 valence electrons. The predicted octanol–water partition coefficient (Wildman–Crippen LogP) is 3.77. The summed E-state index contributed by atoms with van der Waals surface area (Å²) in [7, 11) is 0. The van der Waals surface area contributed by atoms with Gasteiger partial charge in [0.1, 0.15) is 18.1 Å². The molecular formula is C22H24N2O4. The molecule has 0 fully saturated rings. The number of hydrogen-bond donors (Lipinski definition) is 2. The van der Waals surface area contributed by atoms with Crippen LogP contribution in [0.1, 0.15) is 39.0 Å². The van der Waals surface area contributed by atoms with E-state index in [0.717, 1.165) is 16.5 Å². The summed E-state index contributed by atoms with van der Waals surface area (Å²) in [5.74, 6) is 0.0774.